The summed E-state index contributed by atoms with van der Waals surface area (Å²) in [5, 5.41) is 31.2. The van der Waals surface area contributed by atoms with Crippen LogP contribution < -0.4 is 16.0 Å². The second-order valence-electron chi connectivity index (χ2n) is 7.39. The number of benzene rings is 3. The predicted octanol–water partition coefficient (Wildman–Crippen LogP) is 4.30. The van der Waals surface area contributed by atoms with E-state index >= 15 is 0 Å². The Morgan fingerprint density at radius 2 is 1.58 bits per heavy atom. The van der Waals surface area contributed by atoms with Crippen LogP contribution in [0.15, 0.2) is 60.7 Å². The molecule has 1 aromatic heterocycles. The van der Waals surface area contributed by atoms with Crippen LogP contribution in [0.5, 0.6) is 0 Å². The number of H-pyrrole nitrogens is 1. The maximum absolute atomic E-state index is 12.6. The van der Waals surface area contributed by atoms with Gasteiger partial charge in [-0.1, -0.05) is 41.4 Å². The molecule has 0 aliphatic rings. The van der Waals surface area contributed by atoms with E-state index in [1.165, 1.54) is 0 Å². The third-order valence-electron chi connectivity index (χ3n) is 4.86. The molecule has 4 aromatic rings. The number of carboxylic acid groups (broad SMARTS) is 1. The number of halogens is 2. The van der Waals surface area contributed by atoms with Crippen molar-refractivity contribution in [2.75, 3.05) is 17.2 Å². The van der Waals surface area contributed by atoms with Gasteiger partial charge in [-0.25, -0.2) is 4.79 Å². The zero-order valence-corrected chi connectivity index (χ0v) is 19.8. The molecule has 182 valence electrons. The molecule has 0 saturated heterocycles. The number of nitrogens with one attached hydrogen (secondary N) is 4. The van der Waals surface area contributed by atoms with E-state index in [1.807, 2.05) is 0 Å². The summed E-state index contributed by atoms with van der Waals surface area (Å²) in [6.45, 7) is -0.471. The lowest BCUT2D eigenvalue weighted by Crippen LogP contribution is -2.29. The van der Waals surface area contributed by atoms with Crippen molar-refractivity contribution < 1.29 is 19.5 Å². The molecule has 36 heavy (non-hydrogen) atoms. The molecule has 0 bridgehead atoms. The highest BCUT2D eigenvalue weighted by Gasteiger charge is 2.15. The molecule has 0 unspecified atom stereocenters. The normalized spacial score (nSPS) is 10.5. The maximum Gasteiger partial charge on any atom is 0.323 e. The molecule has 0 spiro atoms. The summed E-state index contributed by atoms with van der Waals surface area (Å²) in [7, 11) is 0. The number of anilines is 2. The second kappa shape index (κ2) is 10.8. The van der Waals surface area contributed by atoms with Crippen LogP contribution in [0.2, 0.25) is 10.0 Å². The van der Waals surface area contributed by atoms with E-state index < -0.39 is 24.5 Å². The Bertz CT molecular complexity index is 1410. The van der Waals surface area contributed by atoms with Gasteiger partial charge in [0.2, 0.25) is 5.82 Å². The molecule has 13 heteroatoms. The van der Waals surface area contributed by atoms with E-state index in [4.69, 9.17) is 28.3 Å². The van der Waals surface area contributed by atoms with E-state index in [0.29, 0.717) is 32.5 Å². The van der Waals surface area contributed by atoms with Crippen LogP contribution in [0.4, 0.5) is 16.2 Å². The minimum atomic E-state index is -1.13. The monoisotopic (exact) mass is 525 g/mol. The van der Waals surface area contributed by atoms with Crippen LogP contribution in [0.1, 0.15) is 10.4 Å². The van der Waals surface area contributed by atoms with Gasteiger partial charge in [0.15, 0.2) is 0 Å². The highest BCUT2D eigenvalue weighted by Crippen LogP contribution is 2.31. The third kappa shape index (κ3) is 6.14. The van der Waals surface area contributed by atoms with Gasteiger partial charge >= 0.3 is 12.0 Å². The molecule has 0 aliphatic carbocycles. The Morgan fingerprint density at radius 1 is 0.889 bits per heavy atom. The van der Waals surface area contributed by atoms with Crippen LogP contribution in [-0.4, -0.2) is 50.2 Å². The minimum Gasteiger partial charge on any atom is -0.480 e. The average Bonchev–Trinajstić information content (AvgIpc) is 3.37. The molecule has 11 nitrogen and oxygen atoms in total. The number of carbonyl (C=O) groups is 3. The van der Waals surface area contributed by atoms with Gasteiger partial charge in [0.1, 0.15) is 6.54 Å². The number of tetrazole rings is 1. The second-order valence-corrected chi connectivity index (χ2v) is 8.26. The minimum absolute atomic E-state index is 0.252. The molecule has 0 aliphatic heterocycles. The maximum atomic E-state index is 12.6. The van der Waals surface area contributed by atoms with E-state index in [9.17, 15) is 14.4 Å². The van der Waals surface area contributed by atoms with Crippen molar-refractivity contribution in [1.29, 1.82) is 0 Å². The van der Waals surface area contributed by atoms with Crippen LogP contribution >= 0.6 is 23.2 Å². The lowest BCUT2D eigenvalue weighted by Gasteiger charge is -2.13. The van der Waals surface area contributed by atoms with Gasteiger partial charge in [0, 0.05) is 26.9 Å². The zero-order chi connectivity index (χ0) is 25.7. The Hall–Kier alpha value is -4.48. The highest BCUT2D eigenvalue weighted by molar-refractivity contribution is 6.35. The number of nitrogens with zero attached hydrogens (tertiary/aromatic N) is 3. The summed E-state index contributed by atoms with van der Waals surface area (Å²) in [6.07, 6.45) is 0. The van der Waals surface area contributed by atoms with E-state index in [1.54, 1.807) is 60.7 Å². The third-order valence-corrected chi connectivity index (χ3v) is 5.29. The predicted molar refractivity (Wildman–Crippen MR) is 134 cm³/mol. The number of carboxylic acids is 1. The first-order chi connectivity index (χ1) is 17.3. The molecule has 0 atom stereocenters. The summed E-state index contributed by atoms with van der Waals surface area (Å²) in [6, 6.07) is 15.9. The number of hydrogen-bond acceptors (Lipinski definition) is 6. The molecular formula is C23H17Cl2N7O4. The molecule has 5 N–H and O–H groups in total. The number of carbonyl (C=O) groups excluding carboxylic acids is 2. The van der Waals surface area contributed by atoms with Crippen molar-refractivity contribution >= 4 is 52.5 Å². The van der Waals surface area contributed by atoms with Crippen LogP contribution in [0.3, 0.4) is 0 Å². The Balaban J connectivity index is 1.57. The van der Waals surface area contributed by atoms with Gasteiger partial charge in [-0.15, -0.1) is 10.2 Å². The van der Waals surface area contributed by atoms with Crippen LogP contribution in [0.25, 0.3) is 22.5 Å². The van der Waals surface area contributed by atoms with E-state index in [2.05, 4.69) is 36.6 Å². The number of urea groups is 1. The summed E-state index contributed by atoms with van der Waals surface area (Å²) in [4.78, 5) is 35.3. The fourth-order valence-corrected chi connectivity index (χ4v) is 3.80. The molecule has 4 rings (SSSR count). The first-order valence-electron chi connectivity index (χ1n) is 10.3. The number of amides is 3. The van der Waals surface area contributed by atoms with Crippen molar-refractivity contribution in [3.63, 3.8) is 0 Å². The molecular weight excluding hydrogens is 509 g/mol. The molecule has 0 saturated carbocycles. The van der Waals surface area contributed by atoms with Crippen LogP contribution in [0, 0.1) is 0 Å². The number of aliphatic carboxylic acids is 1. The van der Waals surface area contributed by atoms with E-state index in [-0.39, 0.29) is 5.82 Å². The highest BCUT2D eigenvalue weighted by atomic mass is 35.5. The fourth-order valence-electron chi connectivity index (χ4n) is 3.28. The SMILES string of the molecule is O=C(O)CNC(=O)c1ccc(-c2ccc(NC(=O)Nc3cc(Cl)cc(Cl)c3)c(-c3nn[nH]n3)c2)cc1. The van der Waals surface area contributed by atoms with Crippen LogP contribution in [-0.2, 0) is 4.79 Å². The van der Waals surface area contributed by atoms with Gasteiger partial charge in [-0.2, -0.15) is 5.21 Å². The van der Waals surface area contributed by atoms with Crippen molar-refractivity contribution in [3.05, 3.63) is 76.3 Å². The largest absolute Gasteiger partial charge is 0.480 e. The average molecular weight is 526 g/mol. The zero-order valence-electron chi connectivity index (χ0n) is 18.3. The smallest absolute Gasteiger partial charge is 0.323 e. The molecule has 3 amide bonds. The summed E-state index contributed by atoms with van der Waals surface area (Å²) < 4.78 is 0. The summed E-state index contributed by atoms with van der Waals surface area (Å²) in [5.74, 6) is -1.38. The van der Waals surface area contributed by atoms with Crippen molar-refractivity contribution in [2.45, 2.75) is 0 Å². The Morgan fingerprint density at radius 3 is 2.22 bits per heavy atom. The number of rotatable bonds is 7. The van der Waals surface area contributed by atoms with Gasteiger partial charge < -0.3 is 21.1 Å². The molecule has 0 fully saturated rings. The fraction of sp³-hybridized carbons (Fsp3) is 0.0435. The summed E-state index contributed by atoms with van der Waals surface area (Å²) >= 11 is 12.0. The van der Waals surface area contributed by atoms with Gasteiger partial charge in [-0.05, 0) is 58.8 Å². The summed E-state index contributed by atoms with van der Waals surface area (Å²) in [5.41, 5.74) is 3.14. The van der Waals surface area contributed by atoms with Gasteiger partial charge in [-0.3, -0.25) is 9.59 Å². The molecule has 3 aromatic carbocycles. The Labute approximate surface area is 213 Å². The molecule has 1 heterocycles. The first kappa shape index (κ1) is 24.6. The lowest BCUT2D eigenvalue weighted by molar-refractivity contribution is -0.135. The van der Waals surface area contributed by atoms with Crippen molar-refractivity contribution in [1.82, 2.24) is 25.9 Å². The van der Waals surface area contributed by atoms with Gasteiger partial charge in [0.25, 0.3) is 5.91 Å². The first-order valence-corrected chi connectivity index (χ1v) is 11.1. The number of hydrogen-bond donors (Lipinski definition) is 5. The lowest BCUT2D eigenvalue weighted by atomic mass is 10.00. The number of aromatic nitrogens is 4. The quantitative estimate of drug-likeness (QED) is 0.240. The topological polar surface area (TPSA) is 162 Å². The standard InChI is InChI=1S/C23H17Cl2N7O4/c24-15-8-16(25)10-17(9-15)27-23(36)28-19-6-5-14(7-18(19)21-29-31-32-30-21)12-1-3-13(4-2-12)22(35)26-11-20(33)34/h1-10H,11H2,(H,26,35)(H,33,34)(H2,27,28,36)(H,29,30,31,32). The van der Waals surface area contributed by atoms with Crippen molar-refractivity contribution in [2.24, 2.45) is 0 Å². The Kier molecular flexibility index (Phi) is 7.42. The van der Waals surface area contributed by atoms with E-state index in [0.717, 1.165) is 11.1 Å². The van der Waals surface area contributed by atoms with Crippen molar-refractivity contribution in [3.8, 4) is 22.5 Å². The number of aromatic amines is 1. The molecule has 0 radical (unpaired) electrons. The van der Waals surface area contributed by atoms with Gasteiger partial charge in [0.05, 0.1) is 5.69 Å².